The highest BCUT2D eigenvalue weighted by atomic mass is 16.3. The fourth-order valence-electron chi connectivity index (χ4n) is 1.85. The summed E-state index contributed by atoms with van der Waals surface area (Å²) in [4.78, 5) is 11.8. The second-order valence-corrected chi connectivity index (χ2v) is 4.15. The van der Waals surface area contributed by atoms with E-state index >= 15 is 0 Å². The molecule has 1 aliphatic rings. The maximum Gasteiger partial charge on any atom is 0.243 e. The number of hydrogen-bond acceptors (Lipinski definition) is 3. The molecule has 86 valence electrons. The number of amides is 1. The Bertz CT molecular complexity index is 367. The Hall–Kier alpha value is -1.55. The third-order valence-electron chi connectivity index (χ3n) is 2.75. The summed E-state index contributed by atoms with van der Waals surface area (Å²) in [6, 6.07) is 7.49. The molecule has 1 heterocycles. The molecule has 0 saturated carbocycles. The van der Waals surface area contributed by atoms with E-state index in [9.17, 15) is 4.79 Å². The zero-order valence-electron chi connectivity index (χ0n) is 9.23. The van der Waals surface area contributed by atoms with Crippen molar-refractivity contribution in [3.63, 3.8) is 0 Å². The molecule has 0 radical (unpaired) electrons. The molecule has 3 N–H and O–H groups in total. The van der Waals surface area contributed by atoms with Gasteiger partial charge in [0, 0.05) is 18.2 Å². The smallest absolute Gasteiger partial charge is 0.243 e. The summed E-state index contributed by atoms with van der Waals surface area (Å²) >= 11 is 0. The van der Waals surface area contributed by atoms with Crippen molar-refractivity contribution in [3.8, 4) is 0 Å². The first kappa shape index (κ1) is 11.0. The van der Waals surface area contributed by atoms with Crippen LogP contribution in [0.1, 0.15) is 12.5 Å². The van der Waals surface area contributed by atoms with Crippen molar-refractivity contribution in [1.82, 2.24) is 5.32 Å². The van der Waals surface area contributed by atoms with Crippen LogP contribution in [0, 0.1) is 0 Å². The van der Waals surface area contributed by atoms with Crippen molar-refractivity contribution < 1.29 is 9.90 Å². The molecule has 0 aromatic heterocycles. The van der Waals surface area contributed by atoms with Crippen LogP contribution in [0.15, 0.2) is 24.3 Å². The van der Waals surface area contributed by atoms with E-state index in [4.69, 9.17) is 5.11 Å². The summed E-state index contributed by atoms with van der Waals surface area (Å²) in [6.07, 6.45) is 0.708. The molecule has 0 fully saturated rings. The molecule has 2 atom stereocenters. The minimum Gasteiger partial charge on any atom is -0.394 e. The average molecular weight is 220 g/mol. The fourth-order valence-corrected chi connectivity index (χ4v) is 1.85. The number of anilines is 1. The molecule has 0 saturated heterocycles. The van der Waals surface area contributed by atoms with Crippen molar-refractivity contribution in [1.29, 1.82) is 0 Å². The number of carbonyl (C=O) groups is 1. The number of aliphatic hydroxyl groups is 1. The number of nitrogens with one attached hydrogen (secondary N) is 2. The number of carbonyl (C=O) groups excluding carboxylic acids is 1. The topological polar surface area (TPSA) is 61.4 Å². The molecular weight excluding hydrogens is 204 g/mol. The van der Waals surface area contributed by atoms with Gasteiger partial charge in [-0.15, -0.1) is 0 Å². The Morgan fingerprint density at radius 3 is 3.06 bits per heavy atom. The van der Waals surface area contributed by atoms with Gasteiger partial charge in [0.15, 0.2) is 0 Å². The van der Waals surface area contributed by atoms with Crippen LogP contribution in [0.5, 0.6) is 0 Å². The summed E-state index contributed by atoms with van der Waals surface area (Å²) in [5.74, 6) is -0.0576. The van der Waals surface area contributed by atoms with E-state index in [-0.39, 0.29) is 24.6 Å². The van der Waals surface area contributed by atoms with Crippen LogP contribution in [0.2, 0.25) is 0 Å². The van der Waals surface area contributed by atoms with Crippen molar-refractivity contribution in [2.24, 2.45) is 0 Å². The molecule has 0 bridgehead atoms. The van der Waals surface area contributed by atoms with Gasteiger partial charge >= 0.3 is 0 Å². The first-order valence-electron chi connectivity index (χ1n) is 5.46. The van der Waals surface area contributed by atoms with Crippen LogP contribution in [-0.2, 0) is 11.2 Å². The third kappa shape index (κ3) is 2.17. The average Bonchev–Trinajstić information content (AvgIpc) is 2.72. The molecule has 0 aliphatic carbocycles. The Kier molecular flexibility index (Phi) is 3.10. The molecule has 1 amide bonds. The summed E-state index contributed by atoms with van der Waals surface area (Å²) < 4.78 is 0. The van der Waals surface area contributed by atoms with Gasteiger partial charge in [0.25, 0.3) is 0 Å². The Morgan fingerprint density at radius 1 is 1.62 bits per heavy atom. The van der Waals surface area contributed by atoms with Gasteiger partial charge in [-0.05, 0) is 18.6 Å². The second-order valence-electron chi connectivity index (χ2n) is 4.15. The van der Waals surface area contributed by atoms with Gasteiger partial charge in [0.05, 0.1) is 6.61 Å². The zero-order chi connectivity index (χ0) is 11.5. The van der Waals surface area contributed by atoms with Gasteiger partial charge < -0.3 is 15.7 Å². The lowest BCUT2D eigenvalue weighted by Crippen LogP contribution is -2.44. The zero-order valence-corrected chi connectivity index (χ0v) is 9.23. The largest absolute Gasteiger partial charge is 0.394 e. The number of benzene rings is 1. The van der Waals surface area contributed by atoms with Crippen LogP contribution in [-0.4, -0.2) is 29.7 Å². The monoisotopic (exact) mass is 220 g/mol. The molecule has 4 heteroatoms. The Labute approximate surface area is 94.7 Å². The van der Waals surface area contributed by atoms with E-state index in [1.165, 1.54) is 5.56 Å². The Balaban J connectivity index is 1.98. The van der Waals surface area contributed by atoms with Crippen LogP contribution < -0.4 is 10.6 Å². The van der Waals surface area contributed by atoms with E-state index in [0.717, 1.165) is 5.69 Å². The molecule has 1 aromatic rings. The number of para-hydroxylation sites is 1. The third-order valence-corrected chi connectivity index (χ3v) is 2.75. The molecule has 4 nitrogen and oxygen atoms in total. The second kappa shape index (κ2) is 4.53. The highest BCUT2D eigenvalue weighted by Gasteiger charge is 2.26. The van der Waals surface area contributed by atoms with Crippen LogP contribution in [0.3, 0.4) is 0 Å². The maximum absolute atomic E-state index is 11.8. The molecule has 2 rings (SSSR count). The number of aliphatic hydroxyl groups excluding tert-OH is 1. The summed E-state index contributed by atoms with van der Waals surface area (Å²) in [7, 11) is 0. The summed E-state index contributed by atoms with van der Waals surface area (Å²) in [5.41, 5.74) is 2.19. The molecule has 0 unspecified atom stereocenters. The molecule has 16 heavy (non-hydrogen) atoms. The minimum absolute atomic E-state index is 0.0363. The van der Waals surface area contributed by atoms with E-state index in [1.807, 2.05) is 24.3 Å². The molecule has 0 spiro atoms. The van der Waals surface area contributed by atoms with E-state index in [0.29, 0.717) is 6.42 Å². The summed E-state index contributed by atoms with van der Waals surface area (Å²) in [5, 5.41) is 14.8. The minimum atomic E-state index is -0.216. The molecule has 1 aromatic carbocycles. The Morgan fingerprint density at radius 2 is 2.38 bits per heavy atom. The predicted octanol–water partition coefficient (Wildman–Crippen LogP) is 0.520. The van der Waals surface area contributed by atoms with Crippen LogP contribution in [0.25, 0.3) is 0 Å². The first-order chi connectivity index (χ1) is 7.70. The van der Waals surface area contributed by atoms with E-state index < -0.39 is 0 Å². The predicted molar refractivity (Wildman–Crippen MR) is 62.2 cm³/mol. The molecule has 1 aliphatic heterocycles. The van der Waals surface area contributed by atoms with Crippen molar-refractivity contribution in [3.05, 3.63) is 29.8 Å². The van der Waals surface area contributed by atoms with Crippen molar-refractivity contribution in [2.45, 2.75) is 25.4 Å². The fraction of sp³-hybridized carbons (Fsp3) is 0.417. The van der Waals surface area contributed by atoms with E-state index in [1.54, 1.807) is 6.92 Å². The van der Waals surface area contributed by atoms with Gasteiger partial charge in [-0.25, -0.2) is 0 Å². The van der Waals surface area contributed by atoms with Gasteiger partial charge in [-0.2, -0.15) is 0 Å². The number of fused-ring (bicyclic) bond motifs is 1. The van der Waals surface area contributed by atoms with Crippen LogP contribution >= 0.6 is 0 Å². The normalized spacial score (nSPS) is 19.8. The van der Waals surface area contributed by atoms with Crippen molar-refractivity contribution >= 4 is 11.6 Å². The standard InChI is InChI=1S/C12H16N2O2/c1-8(7-15)13-12(16)11-6-9-4-2-3-5-10(9)14-11/h2-5,8,11,14-15H,6-7H2,1H3,(H,13,16)/t8-,11+/m1/s1. The van der Waals surface area contributed by atoms with Gasteiger partial charge in [-0.1, -0.05) is 18.2 Å². The SMILES string of the molecule is C[C@H](CO)NC(=O)[C@@H]1Cc2ccccc2N1. The first-order valence-corrected chi connectivity index (χ1v) is 5.46. The number of rotatable bonds is 3. The quantitative estimate of drug-likeness (QED) is 0.696. The number of hydrogen-bond donors (Lipinski definition) is 3. The maximum atomic E-state index is 11.8. The highest BCUT2D eigenvalue weighted by Crippen LogP contribution is 2.24. The summed E-state index contributed by atoms with van der Waals surface area (Å²) in [6.45, 7) is 1.74. The van der Waals surface area contributed by atoms with E-state index in [2.05, 4.69) is 10.6 Å². The lowest BCUT2D eigenvalue weighted by atomic mass is 10.1. The van der Waals surface area contributed by atoms with Gasteiger partial charge in [0.1, 0.15) is 6.04 Å². The molecular formula is C12H16N2O2. The lowest BCUT2D eigenvalue weighted by Gasteiger charge is -2.15. The van der Waals surface area contributed by atoms with Crippen LogP contribution in [0.4, 0.5) is 5.69 Å². The van der Waals surface area contributed by atoms with Gasteiger partial charge in [0.2, 0.25) is 5.91 Å². The van der Waals surface area contributed by atoms with Crippen molar-refractivity contribution in [2.75, 3.05) is 11.9 Å². The highest BCUT2D eigenvalue weighted by molar-refractivity contribution is 5.87. The lowest BCUT2D eigenvalue weighted by molar-refractivity contribution is -0.122. The van der Waals surface area contributed by atoms with Gasteiger partial charge in [-0.3, -0.25) is 4.79 Å².